The lowest BCUT2D eigenvalue weighted by atomic mass is 9.86. The molecule has 0 spiro atoms. The minimum Gasteiger partial charge on any atom is -0.496 e. The largest absolute Gasteiger partial charge is 0.496 e. The summed E-state index contributed by atoms with van der Waals surface area (Å²) in [7, 11) is 1.67. The van der Waals surface area contributed by atoms with Crippen LogP contribution < -0.4 is 10.5 Å². The number of nitrogens with zero attached hydrogens (tertiary/aromatic N) is 1. The third-order valence-corrected chi connectivity index (χ3v) is 4.16. The predicted molar refractivity (Wildman–Crippen MR) is 71.4 cm³/mol. The first-order chi connectivity index (χ1) is 8.46. The third-order valence-electron chi connectivity index (χ3n) is 4.16. The summed E-state index contributed by atoms with van der Waals surface area (Å²) in [5, 5.41) is 9.30. The Morgan fingerprint density at radius 3 is 2.39 bits per heavy atom. The van der Waals surface area contributed by atoms with Crippen molar-refractivity contribution in [3.63, 3.8) is 0 Å². The number of nitriles is 1. The van der Waals surface area contributed by atoms with Gasteiger partial charge in [-0.25, -0.2) is 0 Å². The maximum absolute atomic E-state index is 9.30. The van der Waals surface area contributed by atoms with E-state index in [2.05, 4.69) is 19.1 Å². The van der Waals surface area contributed by atoms with Gasteiger partial charge in [-0.2, -0.15) is 5.26 Å². The van der Waals surface area contributed by atoms with Crippen LogP contribution in [0.1, 0.15) is 41.1 Å². The van der Waals surface area contributed by atoms with Crippen molar-refractivity contribution < 1.29 is 4.74 Å². The predicted octanol–water partition coefficient (Wildman–Crippen LogP) is 2.92. The molecule has 0 aromatic heterocycles. The van der Waals surface area contributed by atoms with Crippen molar-refractivity contribution in [1.82, 2.24) is 0 Å². The summed E-state index contributed by atoms with van der Waals surface area (Å²) in [6, 6.07) is 4.26. The van der Waals surface area contributed by atoms with Gasteiger partial charge in [0.1, 0.15) is 5.75 Å². The lowest BCUT2D eigenvalue weighted by molar-refractivity contribution is 0.392. The van der Waals surface area contributed by atoms with E-state index in [1.54, 1.807) is 7.11 Å². The molecule has 1 aromatic rings. The molecule has 0 amide bonds. The fourth-order valence-electron chi connectivity index (χ4n) is 2.62. The molecule has 1 saturated carbocycles. The van der Waals surface area contributed by atoms with Gasteiger partial charge >= 0.3 is 0 Å². The van der Waals surface area contributed by atoms with Gasteiger partial charge in [0.05, 0.1) is 24.6 Å². The molecule has 0 radical (unpaired) electrons. The topological polar surface area (TPSA) is 59.0 Å². The Kier molecular flexibility index (Phi) is 3.08. The van der Waals surface area contributed by atoms with Crippen LogP contribution in [0.15, 0.2) is 6.07 Å². The second kappa shape index (κ2) is 4.29. The van der Waals surface area contributed by atoms with E-state index in [1.807, 2.05) is 13.8 Å². The Bertz CT molecular complexity index is 524. The highest BCUT2D eigenvalue weighted by molar-refractivity contribution is 5.52. The SMILES string of the molecule is COc1c(C)c(C)cc(C)c1C(N)C1(C#N)CC1. The zero-order chi connectivity index (χ0) is 13.5. The molecule has 3 nitrogen and oxygen atoms in total. The van der Waals surface area contributed by atoms with Crippen LogP contribution in [0.25, 0.3) is 0 Å². The fourth-order valence-corrected chi connectivity index (χ4v) is 2.62. The second-order valence-electron chi connectivity index (χ2n) is 5.33. The number of hydrogen-bond donors (Lipinski definition) is 1. The van der Waals surface area contributed by atoms with Crippen molar-refractivity contribution in [2.75, 3.05) is 7.11 Å². The van der Waals surface area contributed by atoms with Gasteiger partial charge in [-0.05, 0) is 50.3 Å². The Morgan fingerprint density at radius 1 is 1.33 bits per heavy atom. The smallest absolute Gasteiger partial charge is 0.127 e. The molecular formula is C15H20N2O. The molecule has 1 aromatic carbocycles. The van der Waals surface area contributed by atoms with Gasteiger partial charge in [-0.1, -0.05) is 6.07 Å². The number of nitrogens with two attached hydrogens (primary N) is 1. The van der Waals surface area contributed by atoms with Crippen molar-refractivity contribution in [2.24, 2.45) is 11.1 Å². The molecule has 0 bridgehead atoms. The third kappa shape index (κ3) is 1.77. The molecule has 0 heterocycles. The van der Waals surface area contributed by atoms with E-state index >= 15 is 0 Å². The molecule has 1 unspecified atom stereocenters. The first kappa shape index (κ1) is 12.9. The highest BCUT2D eigenvalue weighted by Crippen LogP contribution is 2.55. The first-order valence-electron chi connectivity index (χ1n) is 6.28. The molecule has 1 atom stereocenters. The van der Waals surface area contributed by atoms with Crippen LogP contribution in [0.3, 0.4) is 0 Å². The van der Waals surface area contributed by atoms with E-state index < -0.39 is 0 Å². The number of rotatable bonds is 3. The minimum atomic E-state index is -0.375. The summed E-state index contributed by atoms with van der Waals surface area (Å²) in [5.41, 5.74) is 10.4. The van der Waals surface area contributed by atoms with Gasteiger partial charge in [0, 0.05) is 5.56 Å². The van der Waals surface area contributed by atoms with Crippen molar-refractivity contribution in [3.8, 4) is 11.8 Å². The molecule has 1 aliphatic carbocycles. The van der Waals surface area contributed by atoms with E-state index in [9.17, 15) is 5.26 Å². The Balaban J connectivity index is 2.57. The van der Waals surface area contributed by atoms with E-state index in [0.717, 1.165) is 35.3 Å². The summed E-state index contributed by atoms with van der Waals surface area (Å²) in [5.74, 6) is 0.849. The molecule has 2 rings (SSSR count). The van der Waals surface area contributed by atoms with E-state index in [-0.39, 0.29) is 11.5 Å². The molecular weight excluding hydrogens is 224 g/mol. The van der Waals surface area contributed by atoms with Crippen molar-refractivity contribution in [3.05, 3.63) is 28.3 Å². The normalized spacial score (nSPS) is 18.0. The Hall–Kier alpha value is -1.53. The lowest BCUT2D eigenvalue weighted by Gasteiger charge is -2.24. The minimum absolute atomic E-state index is 0.253. The summed E-state index contributed by atoms with van der Waals surface area (Å²) >= 11 is 0. The molecule has 96 valence electrons. The standard InChI is InChI=1S/C15H20N2O/c1-9-7-10(2)12(13(18-4)11(9)3)14(17)15(8-16)5-6-15/h7,14H,5-6,17H2,1-4H3. The first-order valence-corrected chi connectivity index (χ1v) is 6.28. The average Bonchev–Trinajstić information content (AvgIpc) is 3.13. The monoisotopic (exact) mass is 244 g/mol. The Morgan fingerprint density at radius 2 is 1.94 bits per heavy atom. The van der Waals surface area contributed by atoms with Crippen LogP contribution in [-0.2, 0) is 0 Å². The van der Waals surface area contributed by atoms with Crippen LogP contribution in [-0.4, -0.2) is 7.11 Å². The van der Waals surface area contributed by atoms with Gasteiger partial charge in [0.15, 0.2) is 0 Å². The molecule has 1 fully saturated rings. The molecule has 3 heteroatoms. The van der Waals surface area contributed by atoms with Gasteiger partial charge in [-0.3, -0.25) is 0 Å². The van der Waals surface area contributed by atoms with Crippen molar-refractivity contribution >= 4 is 0 Å². The van der Waals surface area contributed by atoms with Crippen LogP contribution in [0, 0.1) is 37.5 Å². The summed E-state index contributed by atoms with van der Waals surface area (Å²) in [6.45, 7) is 6.14. The van der Waals surface area contributed by atoms with Gasteiger partial charge in [0.25, 0.3) is 0 Å². The number of aryl methyl sites for hydroxylation is 2. The molecule has 18 heavy (non-hydrogen) atoms. The lowest BCUT2D eigenvalue weighted by Crippen LogP contribution is -2.23. The molecule has 1 aliphatic rings. The van der Waals surface area contributed by atoms with Crippen LogP contribution in [0.4, 0.5) is 0 Å². The maximum Gasteiger partial charge on any atom is 0.127 e. The number of hydrogen-bond acceptors (Lipinski definition) is 3. The molecule has 0 saturated heterocycles. The fraction of sp³-hybridized carbons (Fsp3) is 0.533. The van der Waals surface area contributed by atoms with Gasteiger partial charge in [0.2, 0.25) is 0 Å². The average molecular weight is 244 g/mol. The van der Waals surface area contributed by atoms with Gasteiger partial charge in [-0.15, -0.1) is 0 Å². The highest BCUT2D eigenvalue weighted by atomic mass is 16.5. The quantitative estimate of drug-likeness (QED) is 0.889. The number of methoxy groups -OCH3 is 1. The van der Waals surface area contributed by atoms with Gasteiger partial charge < -0.3 is 10.5 Å². The summed E-state index contributed by atoms with van der Waals surface area (Å²) < 4.78 is 5.54. The van der Waals surface area contributed by atoms with Crippen LogP contribution >= 0.6 is 0 Å². The molecule has 0 aliphatic heterocycles. The van der Waals surface area contributed by atoms with Crippen LogP contribution in [0.2, 0.25) is 0 Å². The van der Waals surface area contributed by atoms with E-state index in [1.165, 1.54) is 5.56 Å². The maximum atomic E-state index is 9.30. The zero-order valence-electron chi connectivity index (χ0n) is 11.5. The van der Waals surface area contributed by atoms with Crippen molar-refractivity contribution in [2.45, 2.75) is 39.7 Å². The van der Waals surface area contributed by atoms with Crippen LogP contribution in [0.5, 0.6) is 5.75 Å². The zero-order valence-corrected chi connectivity index (χ0v) is 11.5. The second-order valence-corrected chi connectivity index (χ2v) is 5.33. The number of benzene rings is 1. The van der Waals surface area contributed by atoms with Crippen molar-refractivity contribution in [1.29, 1.82) is 5.26 Å². The van der Waals surface area contributed by atoms with E-state index in [4.69, 9.17) is 10.5 Å². The summed E-state index contributed by atoms with van der Waals surface area (Å²) in [4.78, 5) is 0. The molecule has 2 N–H and O–H groups in total. The van der Waals surface area contributed by atoms with E-state index in [0.29, 0.717) is 0 Å². The summed E-state index contributed by atoms with van der Waals surface area (Å²) in [6.07, 6.45) is 1.78. The Labute approximate surface area is 109 Å². The number of ether oxygens (including phenoxy) is 1. The highest BCUT2D eigenvalue weighted by Gasteiger charge is 2.50.